The van der Waals surface area contributed by atoms with Gasteiger partial charge in [-0.2, -0.15) is 0 Å². The molecule has 0 saturated carbocycles. The normalized spacial score (nSPS) is 18.4. The molecular weight excluding hydrogens is 616 g/mol. The topological polar surface area (TPSA) is 183 Å². The first-order valence-electron chi connectivity index (χ1n) is 16.2. The van der Waals surface area contributed by atoms with Crippen LogP contribution in [0.25, 0.3) is 41.0 Å². The minimum absolute atomic E-state index is 0.0188. The molecule has 5 aromatic heterocycles. The number of hydrogen-bond acceptors (Lipinski definition) is 13. The minimum atomic E-state index is -1.11. The molecule has 48 heavy (non-hydrogen) atoms. The lowest BCUT2D eigenvalue weighted by molar-refractivity contribution is 0.224. The summed E-state index contributed by atoms with van der Waals surface area (Å²) in [6.45, 7) is 17.9. The fourth-order valence-electron chi connectivity index (χ4n) is 4.04. The van der Waals surface area contributed by atoms with E-state index in [9.17, 15) is 10.2 Å². The zero-order chi connectivity index (χ0) is 35.2. The number of aliphatic hydroxyl groups is 2. The predicted octanol–water partition coefficient (Wildman–Crippen LogP) is 8.74. The Morgan fingerprint density at radius 2 is 1.10 bits per heavy atom. The van der Waals surface area contributed by atoms with Crippen molar-refractivity contribution in [1.29, 1.82) is 0 Å². The van der Waals surface area contributed by atoms with E-state index in [-0.39, 0.29) is 46.8 Å². The Morgan fingerprint density at radius 1 is 0.646 bits per heavy atom. The van der Waals surface area contributed by atoms with Crippen molar-refractivity contribution >= 4 is 23.6 Å². The Bertz CT molecular complexity index is 1820. The molecule has 13 nitrogen and oxygen atoms in total. The Balaban J connectivity index is 0.000000987. The summed E-state index contributed by atoms with van der Waals surface area (Å²) in [6.07, 6.45) is 13.2. The highest BCUT2D eigenvalue weighted by atomic mass is 16.4. The Kier molecular flexibility index (Phi) is 14.2. The summed E-state index contributed by atoms with van der Waals surface area (Å²) in [7, 11) is 0. The summed E-state index contributed by atoms with van der Waals surface area (Å²) in [6, 6.07) is 0. The van der Waals surface area contributed by atoms with Gasteiger partial charge in [-0.1, -0.05) is 61.5 Å². The van der Waals surface area contributed by atoms with E-state index in [2.05, 4.69) is 24.9 Å². The number of oxazole rings is 5. The molecule has 2 N–H and O–H groups in total. The van der Waals surface area contributed by atoms with Gasteiger partial charge in [0.1, 0.15) is 66.3 Å². The van der Waals surface area contributed by atoms with Crippen molar-refractivity contribution in [3.05, 3.63) is 84.3 Å². The molecule has 5 aromatic rings. The van der Waals surface area contributed by atoms with Crippen molar-refractivity contribution in [2.75, 3.05) is 0 Å². The van der Waals surface area contributed by atoms with Crippen LogP contribution in [-0.4, -0.2) is 40.8 Å². The highest BCUT2D eigenvalue weighted by Crippen LogP contribution is 2.27. The van der Waals surface area contributed by atoms with Crippen molar-refractivity contribution in [3.63, 3.8) is 0 Å². The smallest absolute Gasteiger partial charge is 0.249 e. The second-order valence-electron chi connectivity index (χ2n) is 9.42. The average molecular weight is 661 g/mol. The minimum Gasteiger partial charge on any atom is -0.444 e. The number of allylic oxidation sites excluding steroid dienone is 1. The lowest BCUT2D eigenvalue weighted by Gasteiger charge is -2.10. The third kappa shape index (κ3) is 8.81. The molecule has 1 aliphatic rings. The summed E-state index contributed by atoms with van der Waals surface area (Å²) < 4.78 is 27.8. The summed E-state index contributed by atoms with van der Waals surface area (Å²) in [5.74, 6) is 1.03. The number of aliphatic hydroxyl groups excluding tert-OH is 2. The number of hydrogen-bond donors (Lipinski definition) is 2. The first kappa shape index (κ1) is 37.3. The molecule has 0 amide bonds. The second-order valence-corrected chi connectivity index (χ2v) is 9.42. The van der Waals surface area contributed by atoms with Gasteiger partial charge in [0.05, 0.1) is 5.71 Å². The molecule has 0 saturated heterocycles. The average Bonchev–Trinajstić information content (AvgIpc) is 3.98. The van der Waals surface area contributed by atoms with Crippen LogP contribution in [-0.2, 0) is 0 Å². The predicted molar refractivity (Wildman–Crippen MR) is 182 cm³/mol. The van der Waals surface area contributed by atoms with Crippen LogP contribution in [0.3, 0.4) is 0 Å². The van der Waals surface area contributed by atoms with Crippen LogP contribution < -0.4 is 0 Å². The number of nitrogens with zero attached hydrogens (tertiary/aromatic N) is 6. The van der Waals surface area contributed by atoms with E-state index in [0.717, 1.165) is 6.42 Å². The SMILES string of the molecule is C/C=C1\N=C(C(C)CC)c2coc(n2)/C=C/C(O)c2coc(n2)-c2coc(n2)-c2coc(n2)/C=C/C(O)c2coc1n2.CC.CC.CC. The lowest BCUT2D eigenvalue weighted by Crippen LogP contribution is -2.13. The maximum atomic E-state index is 10.7. The maximum absolute atomic E-state index is 10.7. The molecule has 0 radical (unpaired) electrons. The summed E-state index contributed by atoms with van der Waals surface area (Å²) >= 11 is 0. The van der Waals surface area contributed by atoms with Crippen molar-refractivity contribution < 1.29 is 32.3 Å². The van der Waals surface area contributed by atoms with Crippen molar-refractivity contribution in [3.8, 4) is 23.2 Å². The van der Waals surface area contributed by atoms with Crippen LogP contribution in [0, 0.1) is 5.92 Å². The van der Waals surface area contributed by atoms with E-state index in [0.29, 0.717) is 28.5 Å². The summed E-state index contributed by atoms with van der Waals surface area (Å²) in [5, 5.41) is 21.4. The van der Waals surface area contributed by atoms with Crippen LogP contribution in [0.2, 0.25) is 0 Å². The standard InChI is InChI=1S/C29H26N6O7.3C2H6/c1-4-15(3)26-19-12-38-24(30-19)8-6-23(37)18-11-41-29(34-18)21-14-42-28(35-21)20-13-39-25(31-20)9-7-22(36)17-10-40-27(33-17)16(5-2)32-26;3*1-2/h5-15,22-23,36-37H,4H2,1-3H3;3*1-2H3/b8-6+,9-7+,16-5-,32-26?;;;. The number of rotatable bonds is 2. The van der Waals surface area contributed by atoms with Crippen LogP contribution >= 0.6 is 0 Å². The van der Waals surface area contributed by atoms with Crippen molar-refractivity contribution in [2.45, 2.75) is 80.9 Å². The van der Waals surface area contributed by atoms with Gasteiger partial charge in [-0.05, 0) is 37.6 Å². The highest BCUT2D eigenvalue weighted by Gasteiger charge is 2.21. The highest BCUT2D eigenvalue weighted by molar-refractivity contribution is 6.03. The Morgan fingerprint density at radius 3 is 1.69 bits per heavy atom. The monoisotopic (exact) mass is 660 g/mol. The summed E-state index contributed by atoms with van der Waals surface area (Å²) in [5.41, 5.74) is 2.80. The largest absolute Gasteiger partial charge is 0.444 e. The molecule has 256 valence electrons. The zero-order valence-electron chi connectivity index (χ0n) is 28.8. The molecule has 3 atom stereocenters. The molecule has 1 aliphatic heterocycles. The van der Waals surface area contributed by atoms with Crippen LogP contribution in [0.15, 0.2) is 76.6 Å². The van der Waals surface area contributed by atoms with E-state index < -0.39 is 12.2 Å². The van der Waals surface area contributed by atoms with Crippen LogP contribution in [0.1, 0.15) is 116 Å². The van der Waals surface area contributed by atoms with Crippen LogP contribution in [0.4, 0.5) is 0 Å². The Hall–Kier alpha value is -5.14. The molecule has 13 heteroatoms. The third-order valence-electron chi connectivity index (χ3n) is 6.55. The number of aromatic nitrogens is 5. The molecule has 0 aromatic carbocycles. The maximum Gasteiger partial charge on any atom is 0.249 e. The van der Waals surface area contributed by atoms with E-state index in [1.807, 2.05) is 62.3 Å². The second kappa shape index (κ2) is 18.3. The quantitative estimate of drug-likeness (QED) is 0.184. The van der Waals surface area contributed by atoms with E-state index in [1.165, 1.54) is 55.6 Å². The van der Waals surface area contributed by atoms with Gasteiger partial charge in [-0.15, -0.1) is 0 Å². The Labute approximate surface area is 279 Å². The lowest BCUT2D eigenvalue weighted by atomic mass is 10.0. The molecule has 0 fully saturated rings. The van der Waals surface area contributed by atoms with Gasteiger partial charge in [-0.25, -0.2) is 29.9 Å². The van der Waals surface area contributed by atoms with E-state index in [1.54, 1.807) is 6.08 Å². The van der Waals surface area contributed by atoms with Crippen molar-refractivity contribution in [2.24, 2.45) is 10.9 Å². The molecule has 0 aliphatic carbocycles. The fourth-order valence-corrected chi connectivity index (χ4v) is 4.04. The van der Waals surface area contributed by atoms with E-state index >= 15 is 0 Å². The van der Waals surface area contributed by atoms with Gasteiger partial charge in [-0.3, -0.25) is 0 Å². The van der Waals surface area contributed by atoms with Gasteiger partial charge in [0, 0.05) is 5.92 Å². The number of fused-ring (bicyclic) bond motifs is 12. The molecule has 6 heterocycles. The molecule has 10 bridgehead atoms. The zero-order valence-corrected chi connectivity index (χ0v) is 28.8. The first-order chi connectivity index (χ1) is 23.4. The molecule has 0 spiro atoms. The number of aliphatic imine (C=N–C) groups is 1. The van der Waals surface area contributed by atoms with Gasteiger partial charge in [0.25, 0.3) is 0 Å². The summed E-state index contributed by atoms with van der Waals surface area (Å²) in [4.78, 5) is 26.8. The van der Waals surface area contributed by atoms with Gasteiger partial charge in [0.15, 0.2) is 11.4 Å². The van der Waals surface area contributed by atoms with Gasteiger partial charge in [0.2, 0.25) is 29.5 Å². The van der Waals surface area contributed by atoms with E-state index in [4.69, 9.17) is 27.1 Å². The molecular formula is C35H44N6O7. The molecule has 6 rings (SSSR count). The third-order valence-corrected chi connectivity index (χ3v) is 6.55. The van der Waals surface area contributed by atoms with Gasteiger partial charge < -0.3 is 32.3 Å². The van der Waals surface area contributed by atoms with Gasteiger partial charge >= 0.3 is 0 Å². The van der Waals surface area contributed by atoms with Crippen molar-refractivity contribution in [1.82, 2.24) is 24.9 Å². The molecule has 3 unspecified atom stereocenters. The fraction of sp³-hybridized carbons (Fsp3) is 0.371. The van der Waals surface area contributed by atoms with Crippen LogP contribution in [0.5, 0.6) is 0 Å². The first-order valence-corrected chi connectivity index (χ1v) is 16.2.